The summed E-state index contributed by atoms with van der Waals surface area (Å²) in [5.74, 6) is -4.67. The van der Waals surface area contributed by atoms with Gasteiger partial charge in [0.05, 0.1) is 12.7 Å². The molecule has 0 bridgehead atoms. The van der Waals surface area contributed by atoms with Gasteiger partial charge in [0.1, 0.15) is 12.7 Å². The molecule has 0 spiro atoms. The van der Waals surface area contributed by atoms with Gasteiger partial charge in [-0.3, -0.25) is 0 Å². The summed E-state index contributed by atoms with van der Waals surface area (Å²) < 4.78 is 76.6. The van der Waals surface area contributed by atoms with Crippen LogP contribution in [0.1, 0.15) is 114 Å². The minimum Gasteiger partial charge on any atom is -0.490 e. The lowest BCUT2D eigenvalue weighted by molar-refractivity contribution is 0.247. The van der Waals surface area contributed by atoms with Crippen LogP contribution in [0.2, 0.25) is 0 Å². The van der Waals surface area contributed by atoms with Crippen LogP contribution in [0.3, 0.4) is 0 Å². The second-order valence-corrected chi connectivity index (χ2v) is 11.4. The summed E-state index contributed by atoms with van der Waals surface area (Å²) >= 11 is 0. The summed E-state index contributed by atoms with van der Waals surface area (Å²) in [6.07, 6.45) is 13.1. The zero-order chi connectivity index (χ0) is 28.5. The number of halogens is 4. The van der Waals surface area contributed by atoms with Gasteiger partial charge in [0.25, 0.3) is 0 Å². The Bertz CT molecular complexity index is 1110. The predicted molar refractivity (Wildman–Crippen MR) is 149 cm³/mol. The molecule has 3 atom stereocenters. The average molecular weight is 565 g/mol. The fourth-order valence-corrected chi connectivity index (χ4v) is 5.74. The molecule has 3 nitrogen and oxygen atoms in total. The smallest absolute Gasteiger partial charge is 0.200 e. The molecular formula is C33H44F4O3. The van der Waals surface area contributed by atoms with Gasteiger partial charge in [-0.25, -0.2) is 8.78 Å². The second kappa shape index (κ2) is 15.1. The molecule has 40 heavy (non-hydrogen) atoms. The fourth-order valence-electron chi connectivity index (χ4n) is 5.74. The Morgan fingerprint density at radius 1 is 0.750 bits per heavy atom. The Morgan fingerprint density at radius 3 is 2.23 bits per heavy atom. The third kappa shape index (κ3) is 7.92. The topological polar surface area (TPSA) is 31.0 Å². The number of epoxide rings is 1. The summed E-state index contributed by atoms with van der Waals surface area (Å²) in [5.41, 5.74) is 1.05. The number of benzene rings is 2. The summed E-state index contributed by atoms with van der Waals surface area (Å²) in [6, 6.07) is 4.51. The van der Waals surface area contributed by atoms with Crippen molar-refractivity contribution in [1.29, 1.82) is 0 Å². The molecule has 1 aliphatic heterocycles. The van der Waals surface area contributed by atoms with Gasteiger partial charge in [-0.1, -0.05) is 77.7 Å². The number of fused-ring (bicyclic) bond motifs is 1. The first-order valence-corrected chi connectivity index (χ1v) is 15.3. The van der Waals surface area contributed by atoms with Crippen molar-refractivity contribution in [2.75, 3.05) is 13.2 Å². The van der Waals surface area contributed by atoms with E-state index < -0.39 is 29.2 Å². The van der Waals surface area contributed by atoms with Crippen LogP contribution in [0, 0.1) is 23.3 Å². The summed E-state index contributed by atoms with van der Waals surface area (Å²) in [5, 5.41) is 0. The zero-order valence-electron chi connectivity index (χ0n) is 24.0. The van der Waals surface area contributed by atoms with Crippen molar-refractivity contribution in [2.24, 2.45) is 0 Å². The standard InChI is InChI=1S/C33H44F4O3/c1-3-5-7-9-10-12-18-38-28-20-23-15-14-22(19-25(23)31(35)33(28)37)24-16-17-27(32(36)30(24)34)39-21-29-26(40-29)13-11-8-6-4-2/h16-17,20,22,26,29H,3-15,18-19,21H2,1-2H3. The minimum absolute atomic E-state index is 0.0650. The molecule has 4 rings (SSSR count). The first-order chi connectivity index (χ1) is 19.4. The van der Waals surface area contributed by atoms with Gasteiger partial charge in [-0.15, -0.1) is 0 Å². The Morgan fingerprint density at radius 2 is 1.45 bits per heavy atom. The van der Waals surface area contributed by atoms with Crippen LogP contribution in [0.5, 0.6) is 11.5 Å². The van der Waals surface area contributed by atoms with Crippen LogP contribution in [0.4, 0.5) is 17.6 Å². The molecule has 222 valence electrons. The van der Waals surface area contributed by atoms with E-state index in [4.69, 9.17) is 14.2 Å². The average Bonchev–Trinajstić information content (AvgIpc) is 3.72. The van der Waals surface area contributed by atoms with Gasteiger partial charge in [-0.2, -0.15) is 8.78 Å². The van der Waals surface area contributed by atoms with Gasteiger partial charge in [0.15, 0.2) is 23.1 Å². The molecule has 3 unspecified atom stereocenters. The summed E-state index contributed by atoms with van der Waals surface area (Å²) in [7, 11) is 0. The molecule has 1 saturated heterocycles. The molecule has 0 saturated carbocycles. The van der Waals surface area contributed by atoms with Crippen LogP contribution in [0.15, 0.2) is 18.2 Å². The van der Waals surface area contributed by atoms with E-state index in [1.807, 2.05) is 0 Å². The van der Waals surface area contributed by atoms with Crippen molar-refractivity contribution in [2.45, 2.75) is 122 Å². The molecule has 1 aliphatic carbocycles. The van der Waals surface area contributed by atoms with E-state index in [-0.39, 0.29) is 47.9 Å². The van der Waals surface area contributed by atoms with E-state index in [2.05, 4.69) is 13.8 Å². The zero-order valence-corrected chi connectivity index (χ0v) is 24.0. The molecule has 0 amide bonds. The Hall–Kier alpha value is -2.28. The molecule has 2 aliphatic rings. The highest BCUT2D eigenvalue weighted by Gasteiger charge is 2.39. The molecule has 1 fully saturated rings. The summed E-state index contributed by atoms with van der Waals surface area (Å²) in [6.45, 7) is 4.85. The van der Waals surface area contributed by atoms with Crippen LogP contribution >= 0.6 is 0 Å². The van der Waals surface area contributed by atoms with Crippen LogP contribution in [-0.2, 0) is 17.6 Å². The molecule has 1 heterocycles. The van der Waals surface area contributed by atoms with E-state index in [0.717, 1.165) is 32.1 Å². The first-order valence-electron chi connectivity index (χ1n) is 15.3. The Labute approximate surface area is 236 Å². The molecule has 0 radical (unpaired) electrons. The van der Waals surface area contributed by atoms with Gasteiger partial charge in [-0.05, 0) is 66.8 Å². The van der Waals surface area contributed by atoms with Crippen molar-refractivity contribution >= 4 is 0 Å². The summed E-state index contributed by atoms with van der Waals surface area (Å²) in [4.78, 5) is 0. The second-order valence-electron chi connectivity index (χ2n) is 11.4. The molecule has 2 aromatic carbocycles. The molecule has 0 N–H and O–H groups in total. The number of ether oxygens (including phenoxy) is 3. The fraction of sp³-hybridized carbons (Fsp3) is 0.636. The normalized spacial score (nSPS) is 19.9. The largest absolute Gasteiger partial charge is 0.490 e. The van der Waals surface area contributed by atoms with Crippen molar-refractivity contribution < 1.29 is 31.8 Å². The maximum absolute atomic E-state index is 15.1. The molecule has 2 aromatic rings. The number of hydrogen-bond donors (Lipinski definition) is 0. The van der Waals surface area contributed by atoms with Crippen LogP contribution < -0.4 is 9.47 Å². The highest BCUT2D eigenvalue weighted by molar-refractivity contribution is 5.43. The van der Waals surface area contributed by atoms with E-state index in [9.17, 15) is 8.78 Å². The van der Waals surface area contributed by atoms with Gasteiger partial charge < -0.3 is 14.2 Å². The minimum atomic E-state index is -1.05. The molecule has 0 aromatic heterocycles. The highest BCUT2D eigenvalue weighted by atomic mass is 19.2. The predicted octanol–water partition coefficient (Wildman–Crippen LogP) is 9.37. The monoisotopic (exact) mass is 564 g/mol. The maximum atomic E-state index is 15.1. The van der Waals surface area contributed by atoms with Gasteiger partial charge in [0, 0.05) is 0 Å². The quantitative estimate of drug-likeness (QED) is 0.109. The Balaban J connectivity index is 1.31. The highest BCUT2D eigenvalue weighted by Crippen LogP contribution is 2.40. The third-order valence-corrected chi connectivity index (χ3v) is 8.28. The molecular weight excluding hydrogens is 520 g/mol. The van der Waals surface area contributed by atoms with E-state index in [1.165, 1.54) is 50.7 Å². The van der Waals surface area contributed by atoms with E-state index in [1.54, 1.807) is 6.07 Å². The first kappa shape index (κ1) is 30.7. The number of hydrogen-bond acceptors (Lipinski definition) is 3. The lowest BCUT2D eigenvalue weighted by atomic mass is 9.79. The third-order valence-electron chi connectivity index (χ3n) is 8.28. The van der Waals surface area contributed by atoms with Crippen LogP contribution in [0.25, 0.3) is 0 Å². The van der Waals surface area contributed by atoms with Crippen molar-refractivity contribution in [3.05, 3.63) is 58.2 Å². The van der Waals surface area contributed by atoms with Crippen molar-refractivity contribution in [3.8, 4) is 11.5 Å². The number of unbranched alkanes of at least 4 members (excludes halogenated alkanes) is 8. The lowest BCUT2D eigenvalue weighted by Gasteiger charge is -2.27. The van der Waals surface area contributed by atoms with E-state index >= 15 is 8.78 Å². The number of rotatable bonds is 17. The van der Waals surface area contributed by atoms with Crippen molar-refractivity contribution in [1.82, 2.24) is 0 Å². The maximum Gasteiger partial charge on any atom is 0.200 e. The van der Waals surface area contributed by atoms with Crippen molar-refractivity contribution in [3.63, 3.8) is 0 Å². The lowest BCUT2D eigenvalue weighted by Crippen LogP contribution is -2.18. The van der Waals surface area contributed by atoms with Crippen LogP contribution in [-0.4, -0.2) is 25.4 Å². The SMILES string of the molecule is CCCCCCCCOc1cc2c(c(F)c1F)CC(c1ccc(OCC3OC3CCCCCC)c(F)c1F)CC2. The van der Waals surface area contributed by atoms with Gasteiger partial charge in [0.2, 0.25) is 11.6 Å². The number of aryl methyl sites for hydroxylation is 1. The molecule has 7 heteroatoms. The Kier molecular flexibility index (Phi) is 11.6. The van der Waals surface area contributed by atoms with E-state index in [0.29, 0.717) is 25.0 Å². The van der Waals surface area contributed by atoms with Gasteiger partial charge >= 0.3 is 0 Å².